The van der Waals surface area contributed by atoms with Gasteiger partial charge >= 0.3 is 0 Å². The first-order valence-electron chi connectivity index (χ1n) is 5.59. The van der Waals surface area contributed by atoms with Crippen molar-refractivity contribution in [2.45, 2.75) is 18.4 Å². The smallest absolute Gasteiger partial charge is 0.246 e. The lowest BCUT2D eigenvalue weighted by molar-refractivity contribution is 0.581. The van der Waals surface area contributed by atoms with Crippen LogP contribution in [-0.4, -0.2) is 23.2 Å². The minimum absolute atomic E-state index is 0.0268. The molecule has 0 aliphatic rings. The molecule has 2 heterocycles. The van der Waals surface area contributed by atoms with Crippen LogP contribution in [-0.2, 0) is 23.6 Å². The van der Waals surface area contributed by atoms with Crippen LogP contribution >= 0.6 is 0 Å². The molecule has 0 aliphatic heterocycles. The van der Waals surface area contributed by atoms with Crippen molar-refractivity contribution in [3.63, 3.8) is 0 Å². The number of aryl methyl sites for hydroxylation is 2. The van der Waals surface area contributed by atoms with Gasteiger partial charge in [0.2, 0.25) is 10.0 Å². The van der Waals surface area contributed by atoms with Gasteiger partial charge in [0.25, 0.3) is 0 Å². The minimum atomic E-state index is -3.69. The molecule has 8 heteroatoms. The molecule has 0 radical (unpaired) electrons. The Morgan fingerprint density at radius 2 is 2.21 bits per heavy atom. The Hall–Kier alpha value is -1.93. The molecule has 0 saturated heterocycles. The quantitative estimate of drug-likeness (QED) is 0.832. The standard InChI is InChI=1S/C11H15N5O2S/c1-8-10(11(12)16(2)15-8)19(17,18)14-7-9-4-3-5-13-6-9/h3-6,14H,7,12H2,1-2H3. The van der Waals surface area contributed by atoms with E-state index in [1.807, 2.05) is 0 Å². The number of nitrogens with two attached hydrogens (primary N) is 1. The normalized spacial score (nSPS) is 11.7. The number of anilines is 1. The Bertz CT molecular complexity index is 679. The lowest BCUT2D eigenvalue weighted by Gasteiger charge is -2.06. The number of hydrogen-bond acceptors (Lipinski definition) is 5. The molecule has 0 saturated carbocycles. The summed E-state index contributed by atoms with van der Waals surface area (Å²) in [5.74, 6) is 0.121. The molecule has 2 rings (SSSR count). The maximum Gasteiger partial charge on any atom is 0.246 e. The first-order chi connectivity index (χ1) is 8.92. The maximum atomic E-state index is 12.2. The molecule has 0 fully saturated rings. The number of aromatic nitrogens is 3. The average Bonchev–Trinajstić information content (AvgIpc) is 2.63. The Morgan fingerprint density at radius 3 is 2.74 bits per heavy atom. The van der Waals surface area contributed by atoms with Crippen LogP contribution in [0.5, 0.6) is 0 Å². The highest BCUT2D eigenvalue weighted by Gasteiger charge is 2.24. The summed E-state index contributed by atoms with van der Waals surface area (Å²) in [4.78, 5) is 3.95. The molecule has 0 aliphatic carbocycles. The second-order valence-electron chi connectivity index (χ2n) is 4.11. The Balaban J connectivity index is 2.24. The number of nitrogens with zero attached hydrogens (tertiary/aromatic N) is 3. The molecule has 7 nitrogen and oxygen atoms in total. The zero-order valence-electron chi connectivity index (χ0n) is 10.7. The van der Waals surface area contributed by atoms with Crippen LogP contribution in [0, 0.1) is 6.92 Å². The summed E-state index contributed by atoms with van der Waals surface area (Å²) in [5.41, 5.74) is 6.87. The first kappa shape index (κ1) is 13.5. The van der Waals surface area contributed by atoms with Gasteiger partial charge in [-0.25, -0.2) is 13.1 Å². The monoisotopic (exact) mass is 281 g/mol. The first-order valence-corrected chi connectivity index (χ1v) is 7.08. The second kappa shape index (κ2) is 4.98. The second-order valence-corrected chi connectivity index (χ2v) is 5.81. The van der Waals surface area contributed by atoms with E-state index in [2.05, 4.69) is 14.8 Å². The van der Waals surface area contributed by atoms with Gasteiger partial charge in [0.1, 0.15) is 10.7 Å². The largest absolute Gasteiger partial charge is 0.383 e. The van der Waals surface area contributed by atoms with Gasteiger partial charge in [-0.05, 0) is 18.6 Å². The molecule has 2 aromatic heterocycles. The molecule has 0 aromatic carbocycles. The number of pyridine rings is 1. The summed E-state index contributed by atoms with van der Waals surface area (Å²) in [7, 11) is -2.09. The zero-order valence-corrected chi connectivity index (χ0v) is 11.5. The summed E-state index contributed by atoms with van der Waals surface area (Å²) >= 11 is 0. The fourth-order valence-corrected chi connectivity index (χ4v) is 3.08. The van der Waals surface area contributed by atoms with Crippen molar-refractivity contribution in [2.24, 2.45) is 7.05 Å². The van der Waals surface area contributed by atoms with Crippen LogP contribution in [0.15, 0.2) is 29.4 Å². The average molecular weight is 281 g/mol. The van der Waals surface area contributed by atoms with Crippen molar-refractivity contribution < 1.29 is 8.42 Å². The molecule has 0 bridgehead atoms. The highest BCUT2D eigenvalue weighted by atomic mass is 32.2. The molecule has 0 spiro atoms. The number of hydrogen-bond donors (Lipinski definition) is 2. The summed E-state index contributed by atoms with van der Waals surface area (Å²) in [5, 5.41) is 3.99. The fraction of sp³-hybridized carbons (Fsp3) is 0.273. The van der Waals surface area contributed by atoms with E-state index < -0.39 is 10.0 Å². The van der Waals surface area contributed by atoms with E-state index in [0.29, 0.717) is 5.69 Å². The molecule has 102 valence electrons. The van der Waals surface area contributed by atoms with Crippen LogP contribution in [0.25, 0.3) is 0 Å². The van der Waals surface area contributed by atoms with E-state index in [4.69, 9.17) is 5.73 Å². The highest BCUT2D eigenvalue weighted by Crippen LogP contribution is 2.21. The van der Waals surface area contributed by atoms with Crippen LogP contribution in [0.2, 0.25) is 0 Å². The maximum absolute atomic E-state index is 12.2. The van der Waals surface area contributed by atoms with Crippen LogP contribution in [0.1, 0.15) is 11.3 Å². The lowest BCUT2D eigenvalue weighted by atomic mass is 10.3. The summed E-state index contributed by atoms with van der Waals surface area (Å²) in [6.45, 7) is 1.76. The van der Waals surface area contributed by atoms with E-state index in [9.17, 15) is 8.42 Å². The fourth-order valence-electron chi connectivity index (χ4n) is 1.74. The van der Waals surface area contributed by atoms with Crippen molar-refractivity contribution in [3.05, 3.63) is 35.8 Å². The highest BCUT2D eigenvalue weighted by molar-refractivity contribution is 7.89. The van der Waals surface area contributed by atoms with Gasteiger partial charge in [-0.1, -0.05) is 6.07 Å². The number of nitrogens with one attached hydrogen (secondary N) is 1. The minimum Gasteiger partial charge on any atom is -0.383 e. The number of sulfonamides is 1. The van der Waals surface area contributed by atoms with Crippen molar-refractivity contribution >= 4 is 15.8 Å². The van der Waals surface area contributed by atoms with Gasteiger partial charge in [-0.2, -0.15) is 5.10 Å². The third-order valence-corrected chi connectivity index (χ3v) is 4.23. The van der Waals surface area contributed by atoms with Gasteiger partial charge < -0.3 is 5.73 Å². The molecular weight excluding hydrogens is 266 g/mol. The van der Waals surface area contributed by atoms with Crippen molar-refractivity contribution in [1.82, 2.24) is 19.5 Å². The third kappa shape index (κ3) is 2.74. The van der Waals surface area contributed by atoms with E-state index in [-0.39, 0.29) is 17.3 Å². The summed E-state index contributed by atoms with van der Waals surface area (Å²) in [6.07, 6.45) is 3.23. The Labute approximate surface area is 111 Å². The van der Waals surface area contributed by atoms with Crippen LogP contribution in [0.3, 0.4) is 0 Å². The number of rotatable bonds is 4. The molecule has 0 amide bonds. The van der Waals surface area contributed by atoms with E-state index in [1.165, 1.54) is 4.68 Å². The van der Waals surface area contributed by atoms with Crippen molar-refractivity contribution in [2.75, 3.05) is 5.73 Å². The lowest BCUT2D eigenvalue weighted by Crippen LogP contribution is -2.24. The van der Waals surface area contributed by atoms with E-state index in [0.717, 1.165) is 5.56 Å². The SMILES string of the molecule is Cc1nn(C)c(N)c1S(=O)(=O)NCc1cccnc1. The topological polar surface area (TPSA) is 103 Å². The van der Waals surface area contributed by atoms with Gasteiger partial charge in [-0.15, -0.1) is 0 Å². The predicted molar refractivity (Wildman–Crippen MR) is 70.6 cm³/mol. The summed E-state index contributed by atoms with van der Waals surface area (Å²) in [6, 6.07) is 3.53. The Morgan fingerprint density at radius 1 is 1.47 bits per heavy atom. The summed E-state index contributed by atoms with van der Waals surface area (Å²) < 4.78 is 28.2. The molecule has 0 unspecified atom stereocenters. The molecule has 2 aromatic rings. The Kier molecular flexibility index (Phi) is 3.54. The molecule has 3 N–H and O–H groups in total. The van der Waals surface area contributed by atoms with Gasteiger partial charge in [0.05, 0.1) is 5.69 Å². The molecule has 19 heavy (non-hydrogen) atoms. The molecular formula is C11H15N5O2S. The molecule has 0 atom stereocenters. The zero-order chi connectivity index (χ0) is 14.0. The van der Waals surface area contributed by atoms with E-state index in [1.54, 1.807) is 38.5 Å². The van der Waals surface area contributed by atoms with Gasteiger partial charge in [0.15, 0.2) is 0 Å². The van der Waals surface area contributed by atoms with Crippen LogP contribution in [0.4, 0.5) is 5.82 Å². The van der Waals surface area contributed by atoms with Gasteiger partial charge in [-0.3, -0.25) is 9.67 Å². The number of nitrogen functional groups attached to an aromatic ring is 1. The van der Waals surface area contributed by atoms with Crippen LogP contribution < -0.4 is 10.5 Å². The van der Waals surface area contributed by atoms with Gasteiger partial charge in [0, 0.05) is 26.0 Å². The predicted octanol–water partition coefficient (Wildman–Crippen LogP) is 0.184. The van der Waals surface area contributed by atoms with Crippen molar-refractivity contribution in [1.29, 1.82) is 0 Å². The van der Waals surface area contributed by atoms with Crippen molar-refractivity contribution in [3.8, 4) is 0 Å². The third-order valence-electron chi connectivity index (χ3n) is 2.67. The van der Waals surface area contributed by atoms with E-state index >= 15 is 0 Å².